The first-order chi connectivity index (χ1) is 19.6. The highest BCUT2D eigenvalue weighted by atomic mass is 14.3. The minimum absolute atomic E-state index is 0.926. The van der Waals surface area contributed by atoms with Crippen LogP contribution >= 0.6 is 0 Å². The van der Waals surface area contributed by atoms with Gasteiger partial charge in [-0.05, 0) is 107 Å². The van der Waals surface area contributed by atoms with E-state index in [1.165, 1.54) is 37.4 Å². The summed E-state index contributed by atoms with van der Waals surface area (Å²) in [4.78, 5) is 0. The molecule has 0 saturated carbocycles. The maximum Gasteiger partial charge on any atom is -0.00263 e. The van der Waals surface area contributed by atoms with E-state index in [0.717, 1.165) is 69.3 Å². The maximum atomic E-state index is 4.72. The van der Waals surface area contributed by atoms with Gasteiger partial charge >= 0.3 is 0 Å². The number of hydrogen-bond acceptors (Lipinski definition) is 0. The molecule has 0 unspecified atom stereocenters. The highest BCUT2D eigenvalue weighted by molar-refractivity contribution is 6.14. The van der Waals surface area contributed by atoms with Crippen molar-refractivity contribution >= 4 is 64.5 Å². The van der Waals surface area contributed by atoms with E-state index in [9.17, 15) is 0 Å². The SMILES string of the molecule is C=C/C(C(=C)c1c(C=C)c(C=C)c(C2=c3ccccc3=CCC2)c2ccccc12)=c1\c(=C)ccc2c1=CCCC=2. The fourth-order valence-corrected chi connectivity index (χ4v) is 6.64. The molecule has 194 valence electrons. The molecule has 40 heavy (non-hydrogen) atoms. The molecule has 0 spiro atoms. The van der Waals surface area contributed by atoms with Crippen LogP contribution in [0, 0.1) is 0 Å². The third kappa shape index (κ3) is 4.00. The molecule has 0 radical (unpaired) electrons. The van der Waals surface area contributed by atoms with Gasteiger partial charge in [0.2, 0.25) is 0 Å². The Kier molecular flexibility index (Phi) is 6.70. The van der Waals surface area contributed by atoms with Crippen LogP contribution in [0.2, 0.25) is 0 Å². The molecule has 0 heteroatoms. The van der Waals surface area contributed by atoms with E-state index in [1.54, 1.807) is 0 Å². The highest BCUT2D eigenvalue weighted by Gasteiger charge is 2.22. The van der Waals surface area contributed by atoms with Crippen LogP contribution < -0.4 is 31.3 Å². The van der Waals surface area contributed by atoms with E-state index in [0.29, 0.717) is 0 Å². The van der Waals surface area contributed by atoms with E-state index in [2.05, 4.69) is 105 Å². The summed E-state index contributed by atoms with van der Waals surface area (Å²) in [6.45, 7) is 22.0. The van der Waals surface area contributed by atoms with Crippen molar-refractivity contribution < 1.29 is 0 Å². The Hall–Kier alpha value is -4.68. The molecule has 0 N–H and O–H groups in total. The van der Waals surface area contributed by atoms with Gasteiger partial charge in [0.15, 0.2) is 0 Å². The van der Waals surface area contributed by atoms with Crippen LogP contribution in [-0.4, -0.2) is 0 Å². The molecule has 0 saturated heterocycles. The van der Waals surface area contributed by atoms with E-state index in [1.807, 2.05) is 18.2 Å². The van der Waals surface area contributed by atoms with Gasteiger partial charge < -0.3 is 0 Å². The number of rotatable bonds is 6. The van der Waals surface area contributed by atoms with Gasteiger partial charge in [-0.1, -0.05) is 130 Å². The van der Waals surface area contributed by atoms with Crippen molar-refractivity contribution in [3.63, 3.8) is 0 Å². The first-order valence-electron chi connectivity index (χ1n) is 14.1. The molecule has 0 amide bonds. The van der Waals surface area contributed by atoms with Crippen LogP contribution in [0.3, 0.4) is 0 Å². The van der Waals surface area contributed by atoms with Crippen LogP contribution in [0.4, 0.5) is 0 Å². The summed E-state index contributed by atoms with van der Waals surface area (Å²) in [5.74, 6) is 0. The maximum absolute atomic E-state index is 4.72. The van der Waals surface area contributed by atoms with Crippen molar-refractivity contribution in [2.75, 3.05) is 0 Å². The Morgan fingerprint density at radius 1 is 0.700 bits per heavy atom. The Bertz CT molecular complexity index is 2130. The molecular formula is C40H34. The molecule has 0 aliphatic heterocycles. The summed E-state index contributed by atoms with van der Waals surface area (Å²) >= 11 is 0. The van der Waals surface area contributed by atoms with Crippen LogP contribution in [0.15, 0.2) is 93.1 Å². The van der Waals surface area contributed by atoms with E-state index in [4.69, 9.17) is 6.58 Å². The summed E-state index contributed by atoms with van der Waals surface area (Å²) in [6.07, 6.45) is 17.0. The Morgan fingerprint density at radius 3 is 2.17 bits per heavy atom. The zero-order valence-electron chi connectivity index (χ0n) is 23.1. The largest absolute Gasteiger partial charge is 0.0984 e. The molecular weight excluding hydrogens is 480 g/mol. The van der Waals surface area contributed by atoms with Gasteiger partial charge in [-0.25, -0.2) is 0 Å². The average molecular weight is 515 g/mol. The Morgan fingerprint density at radius 2 is 1.40 bits per heavy atom. The monoisotopic (exact) mass is 514 g/mol. The van der Waals surface area contributed by atoms with Gasteiger partial charge in [0.1, 0.15) is 0 Å². The van der Waals surface area contributed by atoms with Gasteiger partial charge in [-0.3, -0.25) is 0 Å². The lowest BCUT2D eigenvalue weighted by Gasteiger charge is -2.24. The van der Waals surface area contributed by atoms with Gasteiger partial charge in [-0.2, -0.15) is 0 Å². The quantitative estimate of drug-likeness (QED) is 0.309. The summed E-state index contributed by atoms with van der Waals surface area (Å²) in [5.41, 5.74) is 7.77. The fourth-order valence-electron chi connectivity index (χ4n) is 6.64. The molecule has 0 heterocycles. The molecule has 0 fully saturated rings. The third-order valence-electron chi connectivity index (χ3n) is 8.39. The average Bonchev–Trinajstić information content (AvgIpc) is 3.00. The van der Waals surface area contributed by atoms with Crippen molar-refractivity contribution in [1.82, 2.24) is 0 Å². The number of benzene rings is 4. The third-order valence-corrected chi connectivity index (χ3v) is 8.39. The lowest BCUT2D eigenvalue weighted by atomic mass is 9.79. The van der Waals surface area contributed by atoms with Gasteiger partial charge in [0.05, 0.1) is 0 Å². The van der Waals surface area contributed by atoms with Crippen LogP contribution in [0.25, 0.3) is 64.5 Å². The first-order valence-corrected chi connectivity index (χ1v) is 14.1. The summed E-state index contributed by atoms with van der Waals surface area (Å²) in [6, 6.07) is 21.7. The second kappa shape index (κ2) is 10.5. The minimum atomic E-state index is 0.926. The van der Waals surface area contributed by atoms with Gasteiger partial charge in [0, 0.05) is 0 Å². The number of fused-ring (bicyclic) bond motifs is 3. The summed E-state index contributed by atoms with van der Waals surface area (Å²) in [7, 11) is 0. The van der Waals surface area contributed by atoms with E-state index >= 15 is 0 Å². The standard InChI is InChI=1S/C40H34/c1-6-30(38-26(4)24-25-29-17-10-12-20-34(29)38)27(5)39-31(7-2)32(8-3)40(37-22-14-13-21-36(37)39)35-23-15-18-28-16-9-11-19-33(28)35/h6-9,11,13-14,16-22,24-25H,1-5,10,12,15,23H2/b38-30-. The molecule has 0 nitrogen and oxygen atoms in total. The van der Waals surface area contributed by atoms with Gasteiger partial charge in [-0.15, -0.1) is 0 Å². The molecule has 0 atom stereocenters. The van der Waals surface area contributed by atoms with Crippen molar-refractivity contribution in [3.8, 4) is 0 Å². The van der Waals surface area contributed by atoms with E-state index < -0.39 is 0 Å². The summed E-state index contributed by atoms with van der Waals surface area (Å²) < 4.78 is 0. The lowest BCUT2D eigenvalue weighted by molar-refractivity contribution is 1.08. The lowest BCUT2D eigenvalue weighted by Crippen LogP contribution is -2.49. The van der Waals surface area contributed by atoms with Crippen LogP contribution in [0.5, 0.6) is 0 Å². The zero-order valence-corrected chi connectivity index (χ0v) is 23.1. The Labute approximate surface area is 236 Å². The predicted octanol–water partition coefficient (Wildman–Crippen LogP) is 5.71. The van der Waals surface area contributed by atoms with Crippen molar-refractivity contribution in [3.05, 3.63) is 147 Å². The molecule has 4 aromatic carbocycles. The normalized spacial score (nSPS) is 14.6. The Balaban J connectivity index is 1.78. The fraction of sp³-hybridized carbons (Fsp3) is 0.100. The van der Waals surface area contributed by atoms with E-state index in [-0.39, 0.29) is 0 Å². The zero-order chi connectivity index (χ0) is 27.8. The molecule has 0 bridgehead atoms. The van der Waals surface area contributed by atoms with Crippen molar-refractivity contribution in [2.24, 2.45) is 0 Å². The van der Waals surface area contributed by atoms with Crippen molar-refractivity contribution in [2.45, 2.75) is 25.7 Å². The first kappa shape index (κ1) is 25.6. The molecule has 0 aromatic heterocycles. The second-order valence-electron chi connectivity index (χ2n) is 10.5. The number of allylic oxidation sites excluding steroid dienone is 2. The van der Waals surface area contributed by atoms with Crippen molar-refractivity contribution in [1.29, 1.82) is 0 Å². The minimum Gasteiger partial charge on any atom is -0.0984 e. The van der Waals surface area contributed by atoms with Crippen LogP contribution in [0.1, 0.15) is 47.9 Å². The predicted molar refractivity (Wildman–Crippen MR) is 177 cm³/mol. The smallest absolute Gasteiger partial charge is 0.00263 e. The number of hydrogen-bond donors (Lipinski definition) is 0. The molecule has 6 rings (SSSR count). The molecule has 2 aliphatic rings. The summed E-state index contributed by atoms with van der Waals surface area (Å²) in [5, 5.41) is 9.54. The molecule has 2 aliphatic carbocycles. The van der Waals surface area contributed by atoms with Gasteiger partial charge in [0.25, 0.3) is 0 Å². The van der Waals surface area contributed by atoms with Crippen LogP contribution in [-0.2, 0) is 0 Å². The topological polar surface area (TPSA) is 0 Å². The second-order valence-corrected chi connectivity index (χ2v) is 10.5. The molecule has 4 aromatic rings. The highest BCUT2D eigenvalue weighted by Crippen LogP contribution is 2.41.